The summed E-state index contributed by atoms with van der Waals surface area (Å²) in [5.74, 6) is -0.129. The van der Waals surface area contributed by atoms with Crippen LogP contribution in [0.4, 0.5) is 5.82 Å². The number of anilines is 1. The van der Waals surface area contributed by atoms with Crippen molar-refractivity contribution in [3.63, 3.8) is 0 Å². The number of aryl methyl sites for hydroxylation is 1. The van der Waals surface area contributed by atoms with E-state index in [2.05, 4.69) is 15.3 Å². The summed E-state index contributed by atoms with van der Waals surface area (Å²) in [6.45, 7) is 2.46. The number of carbonyl (C=O) groups is 1. The van der Waals surface area contributed by atoms with Gasteiger partial charge in [-0.15, -0.1) is 0 Å². The minimum absolute atomic E-state index is 0.153. The summed E-state index contributed by atoms with van der Waals surface area (Å²) in [4.78, 5) is 19.3. The van der Waals surface area contributed by atoms with Gasteiger partial charge >= 0.3 is 5.97 Å². The Hall–Kier alpha value is -1.36. The number of carboxylic acids is 1. The average molecular weight is 284 g/mol. The van der Waals surface area contributed by atoms with Crippen molar-refractivity contribution in [3.05, 3.63) is 17.0 Å². The highest BCUT2D eigenvalue weighted by molar-refractivity contribution is 6.28. The van der Waals surface area contributed by atoms with E-state index in [4.69, 9.17) is 11.6 Å². The number of aliphatic carboxylic acids is 1. The molecule has 0 aliphatic heterocycles. The van der Waals surface area contributed by atoms with Gasteiger partial charge in [0, 0.05) is 18.3 Å². The van der Waals surface area contributed by atoms with Crippen LogP contribution in [0, 0.1) is 18.8 Å². The molecule has 2 rings (SSSR count). The third-order valence-corrected chi connectivity index (χ3v) is 3.77. The number of hydrogen-bond acceptors (Lipinski definition) is 4. The highest BCUT2D eigenvalue weighted by atomic mass is 35.5. The molecule has 1 heterocycles. The molecule has 6 heteroatoms. The Morgan fingerprint density at radius 1 is 1.47 bits per heavy atom. The topological polar surface area (TPSA) is 75.1 Å². The van der Waals surface area contributed by atoms with Gasteiger partial charge in [-0.05, 0) is 37.3 Å². The molecular formula is C13H18ClN3O2. The van der Waals surface area contributed by atoms with Crippen LogP contribution in [-0.2, 0) is 4.79 Å². The van der Waals surface area contributed by atoms with Crippen LogP contribution in [0.15, 0.2) is 6.07 Å². The highest BCUT2D eigenvalue weighted by Gasteiger charge is 2.30. The molecule has 0 amide bonds. The van der Waals surface area contributed by atoms with Gasteiger partial charge in [-0.2, -0.15) is 0 Å². The molecule has 5 nitrogen and oxygen atoms in total. The summed E-state index contributed by atoms with van der Waals surface area (Å²) in [5.41, 5.74) is 0.793. The molecule has 0 unspecified atom stereocenters. The van der Waals surface area contributed by atoms with Crippen LogP contribution in [0.1, 0.15) is 31.4 Å². The summed E-state index contributed by atoms with van der Waals surface area (Å²) in [6.07, 6.45) is 3.82. The van der Waals surface area contributed by atoms with Crippen molar-refractivity contribution in [2.75, 3.05) is 11.9 Å². The zero-order valence-corrected chi connectivity index (χ0v) is 11.7. The molecule has 0 radical (unpaired) electrons. The predicted molar refractivity (Wildman–Crippen MR) is 73.4 cm³/mol. The Morgan fingerprint density at radius 3 is 2.89 bits per heavy atom. The first-order valence-electron chi connectivity index (χ1n) is 6.54. The first kappa shape index (κ1) is 14.1. The van der Waals surface area contributed by atoms with E-state index in [1.54, 1.807) is 0 Å². The molecule has 1 saturated carbocycles. The Labute approximate surface area is 117 Å². The number of carboxylic acid groups (broad SMARTS) is 1. The van der Waals surface area contributed by atoms with Gasteiger partial charge in [0.05, 0.1) is 5.92 Å². The number of halogens is 1. The van der Waals surface area contributed by atoms with E-state index in [9.17, 15) is 9.90 Å². The molecule has 0 bridgehead atoms. The molecule has 2 N–H and O–H groups in total. The lowest BCUT2D eigenvalue weighted by molar-refractivity contribution is -0.144. The van der Waals surface area contributed by atoms with Gasteiger partial charge in [0.25, 0.3) is 0 Å². The standard InChI is InChI=1S/C13H18ClN3O2/c1-8-6-11(17-13(14)16-8)15-7-9-4-2-3-5-10(9)12(18)19/h6,9-10H,2-5,7H2,1H3,(H,18,19)(H,15,16,17)/t9-,10-/m0/s1. The first-order valence-corrected chi connectivity index (χ1v) is 6.92. The lowest BCUT2D eigenvalue weighted by Crippen LogP contribution is -2.31. The molecule has 0 saturated heterocycles. The van der Waals surface area contributed by atoms with Gasteiger partial charge in [0.2, 0.25) is 5.28 Å². The van der Waals surface area contributed by atoms with Crippen molar-refractivity contribution in [1.82, 2.24) is 9.97 Å². The van der Waals surface area contributed by atoms with E-state index in [0.717, 1.165) is 31.4 Å². The van der Waals surface area contributed by atoms with Crippen molar-refractivity contribution in [2.45, 2.75) is 32.6 Å². The second kappa shape index (κ2) is 6.19. The Morgan fingerprint density at radius 2 is 2.21 bits per heavy atom. The van der Waals surface area contributed by atoms with Crippen molar-refractivity contribution in [1.29, 1.82) is 0 Å². The van der Waals surface area contributed by atoms with E-state index in [1.165, 1.54) is 0 Å². The van der Waals surface area contributed by atoms with Gasteiger partial charge < -0.3 is 10.4 Å². The molecule has 1 aliphatic rings. The van der Waals surface area contributed by atoms with Gasteiger partial charge in [0.1, 0.15) is 5.82 Å². The molecule has 104 valence electrons. The summed E-state index contributed by atoms with van der Waals surface area (Å²) in [6, 6.07) is 1.81. The third-order valence-electron chi connectivity index (χ3n) is 3.60. The second-order valence-corrected chi connectivity index (χ2v) is 5.37. The van der Waals surface area contributed by atoms with Crippen molar-refractivity contribution in [2.24, 2.45) is 11.8 Å². The quantitative estimate of drug-likeness (QED) is 0.831. The van der Waals surface area contributed by atoms with Crippen LogP contribution in [0.3, 0.4) is 0 Å². The summed E-state index contributed by atoms with van der Waals surface area (Å²) < 4.78 is 0. The van der Waals surface area contributed by atoms with Crippen molar-refractivity contribution < 1.29 is 9.90 Å². The summed E-state index contributed by atoms with van der Waals surface area (Å²) in [7, 11) is 0. The highest BCUT2D eigenvalue weighted by Crippen LogP contribution is 2.30. The smallest absolute Gasteiger partial charge is 0.306 e. The predicted octanol–water partition coefficient (Wildman–Crippen LogP) is 2.74. The number of hydrogen-bond donors (Lipinski definition) is 2. The Kier molecular flexibility index (Phi) is 4.58. The summed E-state index contributed by atoms with van der Waals surface area (Å²) in [5, 5.41) is 12.6. The lowest BCUT2D eigenvalue weighted by Gasteiger charge is -2.28. The molecule has 19 heavy (non-hydrogen) atoms. The van der Waals surface area contributed by atoms with Crippen LogP contribution < -0.4 is 5.32 Å². The van der Waals surface area contributed by atoms with E-state index >= 15 is 0 Å². The zero-order valence-electron chi connectivity index (χ0n) is 10.9. The molecule has 2 atom stereocenters. The molecule has 1 fully saturated rings. The van der Waals surface area contributed by atoms with E-state index in [1.807, 2.05) is 13.0 Å². The monoisotopic (exact) mass is 283 g/mol. The van der Waals surface area contributed by atoms with Gasteiger partial charge in [-0.3, -0.25) is 4.79 Å². The largest absolute Gasteiger partial charge is 0.481 e. The minimum Gasteiger partial charge on any atom is -0.481 e. The van der Waals surface area contributed by atoms with Gasteiger partial charge in [-0.1, -0.05) is 12.8 Å². The van der Waals surface area contributed by atoms with Gasteiger partial charge in [0.15, 0.2) is 0 Å². The first-order chi connectivity index (χ1) is 9.06. The number of nitrogens with zero attached hydrogens (tertiary/aromatic N) is 2. The molecular weight excluding hydrogens is 266 g/mol. The Bertz CT molecular complexity index is 447. The van der Waals surface area contributed by atoms with Gasteiger partial charge in [-0.25, -0.2) is 9.97 Å². The van der Waals surface area contributed by atoms with Crippen LogP contribution in [-0.4, -0.2) is 27.6 Å². The lowest BCUT2D eigenvalue weighted by atomic mass is 9.79. The fraction of sp³-hybridized carbons (Fsp3) is 0.615. The number of nitrogens with one attached hydrogen (secondary N) is 1. The van der Waals surface area contributed by atoms with E-state index in [-0.39, 0.29) is 17.1 Å². The molecule has 1 aromatic heterocycles. The SMILES string of the molecule is Cc1cc(NC[C@@H]2CCCC[C@@H]2C(=O)O)nc(Cl)n1. The van der Waals surface area contributed by atoms with Crippen LogP contribution >= 0.6 is 11.6 Å². The maximum atomic E-state index is 11.2. The molecule has 1 aliphatic carbocycles. The van der Waals surface area contributed by atoms with E-state index in [0.29, 0.717) is 12.4 Å². The number of aromatic nitrogens is 2. The maximum absolute atomic E-state index is 11.2. The van der Waals surface area contributed by atoms with E-state index < -0.39 is 5.97 Å². The normalized spacial score (nSPS) is 23.1. The van der Waals surface area contributed by atoms with Crippen LogP contribution in [0.25, 0.3) is 0 Å². The fourth-order valence-electron chi connectivity index (χ4n) is 2.64. The average Bonchev–Trinajstić information content (AvgIpc) is 2.35. The molecule has 0 spiro atoms. The summed E-state index contributed by atoms with van der Waals surface area (Å²) >= 11 is 5.79. The van der Waals surface area contributed by atoms with Crippen molar-refractivity contribution in [3.8, 4) is 0 Å². The van der Waals surface area contributed by atoms with Crippen LogP contribution in [0.2, 0.25) is 5.28 Å². The maximum Gasteiger partial charge on any atom is 0.306 e. The molecule has 1 aromatic rings. The Balaban J connectivity index is 1.98. The number of rotatable bonds is 4. The van der Waals surface area contributed by atoms with Crippen LogP contribution in [0.5, 0.6) is 0 Å². The second-order valence-electron chi connectivity index (χ2n) is 5.03. The fourth-order valence-corrected chi connectivity index (χ4v) is 2.86. The third kappa shape index (κ3) is 3.80. The minimum atomic E-state index is -0.691. The zero-order chi connectivity index (χ0) is 13.8. The van der Waals surface area contributed by atoms with Crippen molar-refractivity contribution >= 4 is 23.4 Å². The molecule has 0 aromatic carbocycles.